The first-order chi connectivity index (χ1) is 11.7. The van der Waals surface area contributed by atoms with Crippen molar-refractivity contribution < 1.29 is 9.59 Å². The molecule has 24 heavy (non-hydrogen) atoms. The molecule has 6 nitrogen and oxygen atoms in total. The highest BCUT2D eigenvalue weighted by molar-refractivity contribution is 7.09. The van der Waals surface area contributed by atoms with Crippen LogP contribution in [0.4, 0.5) is 0 Å². The van der Waals surface area contributed by atoms with Crippen LogP contribution in [-0.2, 0) is 28.9 Å². The molecule has 0 atom stereocenters. The van der Waals surface area contributed by atoms with Crippen molar-refractivity contribution in [3.8, 4) is 0 Å². The maximum absolute atomic E-state index is 12.3. The lowest BCUT2D eigenvalue weighted by Gasteiger charge is -2.32. The Hall–Kier alpha value is -2.28. The minimum atomic E-state index is 0.0894. The van der Waals surface area contributed by atoms with Crippen LogP contribution in [0.5, 0.6) is 0 Å². The van der Waals surface area contributed by atoms with Gasteiger partial charge >= 0.3 is 0 Å². The molecule has 0 unspecified atom stereocenters. The van der Waals surface area contributed by atoms with E-state index in [1.165, 1.54) is 5.56 Å². The molecular formula is C17H20N4O2S. The average Bonchev–Trinajstić information content (AvgIpc) is 3.08. The second-order valence-corrected chi connectivity index (χ2v) is 6.73. The first-order valence-corrected chi connectivity index (χ1v) is 8.92. The number of carbonyl (C=O) groups excluding carboxylic acids is 2. The van der Waals surface area contributed by atoms with Crippen LogP contribution in [0.2, 0.25) is 0 Å². The fourth-order valence-corrected chi connectivity index (χ4v) is 3.49. The molecular weight excluding hydrogens is 324 g/mol. The van der Waals surface area contributed by atoms with Crippen molar-refractivity contribution in [1.82, 2.24) is 19.8 Å². The van der Waals surface area contributed by atoms with Crippen molar-refractivity contribution in [2.75, 3.05) is 26.2 Å². The van der Waals surface area contributed by atoms with Gasteiger partial charge in [0.25, 0.3) is 0 Å². The molecule has 0 saturated carbocycles. The smallest absolute Gasteiger partial charge is 0.228 e. The predicted octanol–water partition coefficient (Wildman–Crippen LogP) is 1.17. The van der Waals surface area contributed by atoms with Crippen molar-refractivity contribution in [3.63, 3.8) is 0 Å². The van der Waals surface area contributed by atoms with E-state index < -0.39 is 0 Å². The van der Waals surface area contributed by atoms with Crippen molar-refractivity contribution in [3.05, 3.63) is 46.2 Å². The largest absolute Gasteiger partial charge is 0.342 e. The van der Waals surface area contributed by atoms with Gasteiger partial charge in [-0.3, -0.25) is 14.6 Å². The second-order valence-electron chi connectivity index (χ2n) is 5.79. The summed E-state index contributed by atoms with van der Waals surface area (Å²) in [4.78, 5) is 35.1. The summed E-state index contributed by atoms with van der Waals surface area (Å²) in [6, 6.07) is 4.02. The fourth-order valence-electron chi connectivity index (χ4n) is 2.69. The SMILES string of the molecule is O=CN1CCN(C(=O)Cc2csc(CCc3ccncc3)n2)CC1. The van der Waals surface area contributed by atoms with Gasteiger partial charge in [0.05, 0.1) is 17.1 Å². The monoisotopic (exact) mass is 344 g/mol. The third-order valence-corrected chi connectivity index (χ3v) is 5.08. The van der Waals surface area contributed by atoms with Gasteiger partial charge < -0.3 is 9.80 Å². The Balaban J connectivity index is 1.49. The lowest BCUT2D eigenvalue weighted by Crippen LogP contribution is -2.48. The quantitative estimate of drug-likeness (QED) is 0.738. The lowest BCUT2D eigenvalue weighted by atomic mass is 10.1. The van der Waals surface area contributed by atoms with Crippen LogP contribution >= 0.6 is 11.3 Å². The van der Waals surface area contributed by atoms with E-state index in [1.807, 2.05) is 22.4 Å². The molecule has 3 rings (SSSR count). The minimum absolute atomic E-state index is 0.0894. The molecule has 0 N–H and O–H groups in total. The zero-order chi connectivity index (χ0) is 16.8. The normalized spacial score (nSPS) is 14.7. The summed E-state index contributed by atoms with van der Waals surface area (Å²) in [5.41, 5.74) is 2.08. The number of hydrogen-bond donors (Lipinski definition) is 0. The maximum Gasteiger partial charge on any atom is 0.228 e. The Labute approximate surface area is 145 Å². The van der Waals surface area contributed by atoms with Crippen molar-refractivity contribution in [2.45, 2.75) is 19.3 Å². The Morgan fingerprint density at radius 1 is 1.17 bits per heavy atom. The number of pyridine rings is 1. The van der Waals surface area contributed by atoms with Gasteiger partial charge in [-0.05, 0) is 24.1 Å². The lowest BCUT2D eigenvalue weighted by molar-refractivity contribution is -0.134. The summed E-state index contributed by atoms with van der Waals surface area (Å²) >= 11 is 1.61. The highest BCUT2D eigenvalue weighted by Crippen LogP contribution is 2.14. The first kappa shape index (κ1) is 16.6. The Bertz CT molecular complexity index is 681. The van der Waals surface area contributed by atoms with Crippen LogP contribution in [0.1, 0.15) is 16.3 Å². The number of piperazine rings is 1. The van der Waals surface area contributed by atoms with Crippen LogP contribution in [-0.4, -0.2) is 58.3 Å². The maximum atomic E-state index is 12.3. The van der Waals surface area contributed by atoms with E-state index in [9.17, 15) is 9.59 Å². The molecule has 2 aromatic heterocycles. The number of amides is 2. The van der Waals surface area contributed by atoms with Gasteiger partial charge in [-0.2, -0.15) is 0 Å². The number of nitrogens with zero attached hydrogens (tertiary/aromatic N) is 4. The van der Waals surface area contributed by atoms with E-state index in [4.69, 9.17) is 0 Å². The topological polar surface area (TPSA) is 66.4 Å². The van der Waals surface area contributed by atoms with E-state index in [0.717, 1.165) is 30.0 Å². The predicted molar refractivity (Wildman–Crippen MR) is 91.7 cm³/mol. The molecule has 0 spiro atoms. The Kier molecular flexibility index (Phi) is 5.53. The first-order valence-electron chi connectivity index (χ1n) is 8.04. The van der Waals surface area contributed by atoms with Crippen molar-refractivity contribution in [2.24, 2.45) is 0 Å². The summed E-state index contributed by atoms with van der Waals surface area (Å²) in [6.07, 6.45) is 6.58. The van der Waals surface area contributed by atoms with E-state index >= 15 is 0 Å². The van der Waals surface area contributed by atoms with E-state index in [1.54, 1.807) is 28.6 Å². The summed E-state index contributed by atoms with van der Waals surface area (Å²) in [5.74, 6) is 0.0894. The molecule has 1 aliphatic heterocycles. The molecule has 126 valence electrons. The van der Waals surface area contributed by atoms with E-state index in [0.29, 0.717) is 32.6 Å². The van der Waals surface area contributed by atoms with E-state index in [2.05, 4.69) is 9.97 Å². The fraction of sp³-hybridized carbons (Fsp3) is 0.412. The van der Waals surface area contributed by atoms with Crippen LogP contribution in [0, 0.1) is 0 Å². The van der Waals surface area contributed by atoms with Gasteiger partial charge in [-0.15, -0.1) is 11.3 Å². The molecule has 0 aromatic carbocycles. The highest BCUT2D eigenvalue weighted by Gasteiger charge is 2.20. The summed E-state index contributed by atoms with van der Waals surface area (Å²) in [6.45, 7) is 2.44. The number of thiazole rings is 1. The van der Waals surface area contributed by atoms with Gasteiger partial charge in [0.2, 0.25) is 12.3 Å². The molecule has 2 aromatic rings. The van der Waals surface area contributed by atoms with Crippen LogP contribution in [0.3, 0.4) is 0 Å². The Morgan fingerprint density at radius 2 is 1.92 bits per heavy atom. The van der Waals surface area contributed by atoms with Gasteiger partial charge in [-0.1, -0.05) is 0 Å². The molecule has 1 saturated heterocycles. The third-order valence-electron chi connectivity index (χ3n) is 4.12. The molecule has 1 fully saturated rings. The molecule has 0 bridgehead atoms. The van der Waals surface area contributed by atoms with Crippen LogP contribution < -0.4 is 0 Å². The number of aryl methyl sites for hydroxylation is 2. The summed E-state index contributed by atoms with van der Waals surface area (Å²) < 4.78 is 0. The van der Waals surface area contributed by atoms with Crippen LogP contribution in [0.15, 0.2) is 29.9 Å². The molecule has 3 heterocycles. The summed E-state index contributed by atoms with van der Waals surface area (Å²) in [7, 11) is 0. The summed E-state index contributed by atoms with van der Waals surface area (Å²) in [5, 5.41) is 3.03. The van der Waals surface area contributed by atoms with E-state index in [-0.39, 0.29) is 5.91 Å². The Morgan fingerprint density at radius 3 is 2.62 bits per heavy atom. The number of hydrogen-bond acceptors (Lipinski definition) is 5. The number of carbonyl (C=O) groups is 2. The molecule has 1 aliphatic rings. The second kappa shape index (κ2) is 8.01. The van der Waals surface area contributed by atoms with Gasteiger partial charge in [0, 0.05) is 50.4 Å². The molecule has 7 heteroatoms. The number of rotatable bonds is 6. The highest BCUT2D eigenvalue weighted by atomic mass is 32.1. The van der Waals surface area contributed by atoms with Gasteiger partial charge in [0.1, 0.15) is 0 Å². The third kappa shape index (κ3) is 4.38. The number of aromatic nitrogens is 2. The minimum Gasteiger partial charge on any atom is -0.342 e. The van der Waals surface area contributed by atoms with Gasteiger partial charge in [-0.25, -0.2) is 4.98 Å². The standard InChI is InChI=1S/C17H20N4O2S/c22-13-20-7-9-21(10-8-20)17(23)11-15-12-24-16(19-15)2-1-14-3-5-18-6-4-14/h3-6,12-13H,1-2,7-11H2. The zero-order valence-corrected chi connectivity index (χ0v) is 14.2. The average molecular weight is 344 g/mol. The molecule has 0 aliphatic carbocycles. The van der Waals surface area contributed by atoms with Gasteiger partial charge in [0.15, 0.2) is 0 Å². The van der Waals surface area contributed by atoms with Crippen molar-refractivity contribution in [1.29, 1.82) is 0 Å². The molecule has 0 radical (unpaired) electrons. The van der Waals surface area contributed by atoms with Crippen molar-refractivity contribution >= 4 is 23.7 Å². The molecule has 2 amide bonds. The zero-order valence-electron chi connectivity index (χ0n) is 13.4. The van der Waals surface area contributed by atoms with Crippen LogP contribution in [0.25, 0.3) is 0 Å².